The topological polar surface area (TPSA) is 61.9 Å². The average Bonchev–Trinajstić information content (AvgIpc) is 3.60. The SMILES string of the molecule is COC12CCC3(CC1C(C)(C)O)C1C(CC34c3c(C)ccc(O)c3OC24C)N1C1CC1. The van der Waals surface area contributed by atoms with Crippen molar-refractivity contribution in [2.24, 2.45) is 11.3 Å². The van der Waals surface area contributed by atoms with Crippen LogP contribution in [0.1, 0.15) is 70.4 Å². The molecule has 168 valence electrons. The maximum absolute atomic E-state index is 11.4. The summed E-state index contributed by atoms with van der Waals surface area (Å²) in [7, 11) is 1.81. The molecule has 2 heterocycles. The minimum Gasteiger partial charge on any atom is -0.504 e. The third-order valence-electron chi connectivity index (χ3n) is 10.9. The summed E-state index contributed by atoms with van der Waals surface area (Å²) in [4.78, 5) is 2.80. The molecular formula is C26H35NO4. The van der Waals surface area contributed by atoms with Crippen molar-refractivity contribution < 1.29 is 19.7 Å². The van der Waals surface area contributed by atoms with E-state index in [1.807, 2.05) is 13.8 Å². The molecule has 8 rings (SSSR count). The van der Waals surface area contributed by atoms with Gasteiger partial charge in [-0.25, -0.2) is 0 Å². The molecule has 8 unspecified atom stereocenters. The standard InChI is InChI=1S/C26H35NO4/c1-14-6-9-17(28)20-19(14)25-12-16-21(27(16)15-7-8-15)24(25)10-11-26(30-5,23(25,4)31-20)18(13-24)22(2,3)29/h6,9,15-16,18,21,28-29H,7-8,10-13H2,1-5H3. The van der Waals surface area contributed by atoms with Gasteiger partial charge < -0.3 is 19.7 Å². The van der Waals surface area contributed by atoms with Crippen molar-refractivity contribution in [2.75, 3.05) is 7.11 Å². The Morgan fingerprint density at radius 2 is 1.94 bits per heavy atom. The van der Waals surface area contributed by atoms with Crippen LogP contribution < -0.4 is 4.74 Å². The van der Waals surface area contributed by atoms with Crippen molar-refractivity contribution in [3.63, 3.8) is 0 Å². The van der Waals surface area contributed by atoms with Crippen LogP contribution in [-0.2, 0) is 10.2 Å². The van der Waals surface area contributed by atoms with E-state index in [2.05, 4.69) is 24.8 Å². The van der Waals surface area contributed by atoms with Gasteiger partial charge in [0.25, 0.3) is 0 Å². The number of aliphatic hydroxyl groups is 1. The molecule has 2 aliphatic heterocycles. The van der Waals surface area contributed by atoms with Gasteiger partial charge in [-0.1, -0.05) is 6.07 Å². The van der Waals surface area contributed by atoms with Crippen LogP contribution in [-0.4, -0.2) is 57.2 Å². The second kappa shape index (κ2) is 5.10. The maximum Gasteiger partial charge on any atom is 0.166 e. The highest BCUT2D eigenvalue weighted by Gasteiger charge is 2.91. The molecule has 1 aromatic carbocycles. The fraction of sp³-hybridized carbons (Fsp3) is 0.769. The lowest BCUT2D eigenvalue weighted by atomic mass is 9.35. The van der Waals surface area contributed by atoms with Gasteiger partial charge in [-0.2, -0.15) is 0 Å². The first-order chi connectivity index (χ1) is 14.6. The molecule has 2 N–H and O–H groups in total. The van der Waals surface area contributed by atoms with E-state index in [-0.39, 0.29) is 22.5 Å². The van der Waals surface area contributed by atoms with Gasteiger partial charge in [-0.05, 0) is 77.8 Å². The summed E-state index contributed by atoms with van der Waals surface area (Å²) in [6, 6.07) is 5.76. The second-order valence-electron chi connectivity index (χ2n) is 12.2. The molecule has 8 atom stereocenters. The van der Waals surface area contributed by atoms with Crippen LogP contribution in [0.5, 0.6) is 11.5 Å². The van der Waals surface area contributed by atoms with Gasteiger partial charge in [-0.3, -0.25) is 4.90 Å². The molecule has 0 aromatic heterocycles. The van der Waals surface area contributed by atoms with Crippen LogP contribution in [0.15, 0.2) is 12.1 Å². The number of phenols is 1. The predicted molar refractivity (Wildman–Crippen MR) is 116 cm³/mol. The predicted octanol–water partition coefficient (Wildman–Crippen LogP) is 3.66. The largest absolute Gasteiger partial charge is 0.504 e. The van der Waals surface area contributed by atoms with Crippen LogP contribution in [0.4, 0.5) is 0 Å². The Morgan fingerprint density at radius 3 is 2.58 bits per heavy atom. The van der Waals surface area contributed by atoms with E-state index in [1.165, 1.54) is 24.0 Å². The van der Waals surface area contributed by atoms with Crippen LogP contribution in [0.2, 0.25) is 0 Å². The van der Waals surface area contributed by atoms with Crippen molar-refractivity contribution in [1.82, 2.24) is 4.90 Å². The molecule has 31 heavy (non-hydrogen) atoms. The molecule has 1 aromatic rings. The average molecular weight is 426 g/mol. The zero-order valence-electron chi connectivity index (χ0n) is 19.4. The number of nitrogens with zero attached hydrogens (tertiary/aromatic N) is 1. The summed E-state index contributed by atoms with van der Waals surface area (Å²) in [5, 5.41) is 22.3. The lowest BCUT2D eigenvalue weighted by Gasteiger charge is -2.72. The highest BCUT2D eigenvalue weighted by molar-refractivity contribution is 5.64. The third-order valence-corrected chi connectivity index (χ3v) is 10.9. The van der Waals surface area contributed by atoms with Gasteiger partial charge in [0.15, 0.2) is 11.5 Å². The molecule has 7 aliphatic rings. The number of fused-ring (bicyclic) bond motifs is 4. The molecule has 5 heteroatoms. The molecule has 0 amide bonds. The number of phenolic OH excluding ortho intramolecular Hbond substituents is 1. The van der Waals surface area contributed by atoms with E-state index in [0.717, 1.165) is 31.7 Å². The maximum atomic E-state index is 11.4. The Balaban J connectivity index is 1.53. The van der Waals surface area contributed by atoms with E-state index < -0.39 is 16.8 Å². The monoisotopic (exact) mass is 425 g/mol. The molecule has 2 spiro atoms. The van der Waals surface area contributed by atoms with Crippen LogP contribution >= 0.6 is 0 Å². The number of ether oxygens (including phenoxy) is 2. The first-order valence-corrected chi connectivity index (χ1v) is 12.1. The normalized spacial score (nSPS) is 51.0. The van der Waals surface area contributed by atoms with E-state index >= 15 is 0 Å². The van der Waals surface area contributed by atoms with E-state index in [1.54, 1.807) is 13.2 Å². The molecule has 0 radical (unpaired) electrons. The Morgan fingerprint density at radius 1 is 1.19 bits per heavy atom. The zero-order valence-corrected chi connectivity index (χ0v) is 19.4. The number of likely N-dealkylation sites (tertiary alicyclic amines) is 1. The summed E-state index contributed by atoms with van der Waals surface area (Å²) < 4.78 is 13.4. The van der Waals surface area contributed by atoms with Gasteiger partial charge in [0, 0.05) is 42.1 Å². The van der Waals surface area contributed by atoms with Gasteiger partial charge in [-0.15, -0.1) is 0 Å². The smallest absolute Gasteiger partial charge is 0.166 e. The summed E-state index contributed by atoms with van der Waals surface area (Å²) in [5.41, 5.74) is 0.225. The lowest BCUT2D eigenvalue weighted by molar-refractivity contribution is -0.313. The first kappa shape index (κ1) is 19.2. The summed E-state index contributed by atoms with van der Waals surface area (Å²) in [6.07, 6.45) is 6.69. The van der Waals surface area contributed by atoms with Crippen LogP contribution in [0.25, 0.3) is 0 Å². The molecule has 2 bridgehead atoms. The Bertz CT molecular complexity index is 1010. The lowest BCUT2D eigenvalue weighted by Crippen LogP contribution is -2.82. The summed E-state index contributed by atoms with van der Waals surface area (Å²) in [5.74, 6) is 0.894. The number of methoxy groups -OCH3 is 1. The number of piperidine rings is 1. The molecular weight excluding hydrogens is 390 g/mol. The molecule has 6 fully saturated rings. The quantitative estimate of drug-likeness (QED) is 0.724. The fourth-order valence-electron chi connectivity index (χ4n) is 9.81. The number of hydrogen-bond donors (Lipinski definition) is 2. The van der Waals surface area contributed by atoms with Gasteiger partial charge in [0.05, 0.1) is 11.0 Å². The fourth-order valence-corrected chi connectivity index (χ4v) is 9.81. The number of rotatable bonds is 3. The first-order valence-electron chi connectivity index (χ1n) is 12.1. The minimum absolute atomic E-state index is 0.0194. The Hall–Kier alpha value is -1.30. The second-order valence-corrected chi connectivity index (χ2v) is 12.2. The minimum atomic E-state index is -0.870. The van der Waals surface area contributed by atoms with E-state index in [9.17, 15) is 10.2 Å². The van der Waals surface area contributed by atoms with Crippen molar-refractivity contribution in [3.05, 3.63) is 23.3 Å². The number of aryl methyl sites for hydroxylation is 1. The van der Waals surface area contributed by atoms with E-state index in [0.29, 0.717) is 17.8 Å². The van der Waals surface area contributed by atoms with Gasteiger partial charge in [0.2, 0.25) is 0 Å². The van der Waals surface area contributed by atoms with Crippen molar-refractivity contribution in [3.8, 4) is 11.5 Å². The highest BCUT2D eigenvalue weighted by Crippen LogP contribution is 2.84. The van der Waals surface area contributed by atoms with Crippen LogP contribution in [0, 0.1) is 18.3 Å². The van der Waals surface area contributed by atoms with Crippen molar-refractivity contribution in [2.45, 2.75) is 107 Å². The van der Waals surface area contributed by atoms with E-state index in [4.69, 9.17) is 9.47 Å². The number of aromatic hydroxyl groups is 1. The van der Waals surface area contributed by atoms with Gasteiger partial charge >= 0.3 is 0 Å². The Labute approximate surface area is 184 Å². The van der Waals surface area contributed by atoms with Crippen molar-refractivity contribution in [1.29, 1.82) is 0 Å². The van der Waals surface area contributed by atoms with Crippen molar-refractivity contribution >= 4 is 0 Å². The van der Waals surface area contributed by atoms with Crippen LogP contribution in [0.3, 0.4) is 0 Å². The molecule has 5 saturated carbocycles. The number of benzene rings is 1. The van der Waals surface area contributed by atoms with Gasteiger partial charge in [0.1, 0.15) is 11.2 Å². The molecule has 5 aliphatic carbocycles. The molecule has 5 nitrogen and oxygen atoms in total. The summed E-state index contributed by atoms with van der Waals surface area (Å²) in [6.45, 7) is 8.31. The summed E-state index contributed by atoms with van der Waals surface area (Å²) >= 11 is 0. The Kier molecular flexibility index (Phi) is 3.16. The third kappa shape index (κ3) is 1.73. The zero-order chi connectivity index (χ0) is 21.8. The number of hydrogen-bond acceptors (Lipinski definition) is 5. The molecule has 1 saturated heterocycles. The highest BCUT2D eigenvalue weighted by atomic mass is 16.6.